The minimum absolute atomic E-state index is 0.0680. The molecule has 1 atom stereocenters. The van der Waals surface area contributed by atoms with Crippen LogP contribution in [0.25, 0.3) is 0 Å². The van der Waals surface area contributed by atoms with Gasteiger partial charge >= 0.3 is 0 Å². The van der Waals surface area contributed by atoms with Gasteiger partial charge in [-0.25, -0.2) is 4.98 Å². The lowest BCUT2D eigenvalue weighted by Crippen LogP contribution is -2.37. The van der Waals surface area contributed by atoms with Gasteiger partial charge in [0.1, 0.15) is 11.6 Å². The Hall–Kier alpha value is -2.63. The second kappa shape index (κ2) is 6.11. The van der Waals surface area contributed by atoms with Gasteiger partial charge in [-0.2, -0.15) is 0 Å². The average molecular weight is 325 g/mol. The van der Waals surface area contributed by atoms with Gasteiger partial charge in [0.15, 0.2) is 0 Å². The van der Waals surface area contributed by atoms with Crippen LogP contribution in [0.1, 0.15) is 25.0 Å². The van der Waals surface area contributed by atoms with E-state index in [1.807, 2.05) is 23.1 Å². The zero-order valence-corrected chi connectivity index (χ0v) is 13.3. The lowest BCUT2D eigenvalue weighted by Gasteiger charge is -2.24. The maximum atomic E-state index is 13.1. The van der Waals surface area contributed by atoms with Gasteiger partial charge in [0.05, 0.1) is 18.7 Å². The van der Waals surface area contributed by atoms with Crippen LogP contribution < -0.4 is 4.90 Å². The predicted molar refractivity (Wildman–Crippen MR) is 87.0 cm³/mol. The SMILES string of the molecule is O=C(C1CC(=O)N(C2CC2)C1)N(Cc1ccco1)c1ccccn1. The predicted octanol–water partition coefficient (Wildman–Crippen LogP) is 2.22. The average Bonchev–Trinajstić information content (AvgIpc) is 3.17. The molecule has 1 aliphatic heterocycles. The Labute approximate surface area is 140 Å². The van der Waals surface area contributed by atoms with Gasteiger partial charge in [0, 0.05) is 25.2 Å². The summed E-state index contributed by atoms with van der Waals surface area (Å²) in [7, 11) is 0. The number of rotatable bonds is 5. The molecule has 2 aromatic rings. The van der Waals surface area contributed by atoms with Crippen LogP contribution in [0.15, 0.2) is 47.2 Å². The molecule has 0 radical (unpaired) electrons. The van der Waals surface area contributed by atoms with Crippen molar-refractivity contribution in [1.29, 1.82) is 0 Å². The number of furan rings is 1. The Morgan fingerprint density at radius 1 is 1.29 bits per heavy atom. The first-order chi connectivity index (χ1) is 11.7. The second-order valence-electron chi connectivity index (χ2n) is 6.37. The first-order valence-corrected chi connectivity index (χ1v) is 8.26. The maximum Gasteiger partial charge on any atom is 0.233 e. The first-order valence-electron chi connectivity index (χ1n) is 8.26. The third-order valence-electron chi connectivity index (χ3n) is 4.58. The van der Waals surface area contributed by atoms with Crippen LogP contribution in [0.3, 0.4) is 0 Å². The van der Waals surface area contributed by atoms with Crippen LogP contribution in [-0.4, -0.2) is 34.3 Å². The normalized spacial score (nSPS) is 20.4. The molecule has 1 unspecified atom stereocenters. The van der Waals surface area contributed by atoms with E-state index in [2.05, 4.69) is 4.98 Å². The number of likely N-dealkylation sites (tertiary alicyclic amines) is 1. The number of amides is 2. The summed E-state index contributed by atoms with van der Waals surface area (Å²) in [4.78, 5) is 33.0. The van der Waals surface area contributed by atoms with E-state index in [-0.39, 0.29) is 24.2 Å². The first kappa shape index (κ1) is 14.9. The number of hydrogen-bond acceptors (Lipinski definition) is 4. The van der Waals surface area contributed by atoms with Crippen molar-refractivity contribution in [2.24, 2.45) is 5.92 Å². The highest BCUT2D eigenvalue weighted by molar-refractivity contribution is 5.98. The van der Waals surface area contributed by atoms with Gasteiger partial charge in [-0.1, -0.05) is 6.07 Å². The lowest BCUT2D eigenvalue weighted by molar-refractivity contribution is -0.128. The zero-order chi connectivity index (χ0) is 16.5. The molecular weight excluding hydrogens is 306 g/mol. The molecule has 24 heavy (non-hydrogen) atoms. The van der Waals surface area contributed by atoms with Crippen molar-refractivity contribution in [3.05, 3.63) is 48.6 Å². The molecule has 3 heterocycles. The molecule has 2 amide bonds. The number of pyridine rings is 1. The smallest absolute Gasteiger partial charge is 0.233 e. The fraction of sp³-hybridized carbons (Fsp3) is 0.389. The van der Waals surface area contributed by atoms with Gasteiger partial charge in [-0.3, -0.25) is 14.5 Å². The molecular formula is C18H19N3O3. The van der Waals surface area contributed by atoms with Gasteiger partial charge in [-0.05, 0) is 37.1 Å². The Morgan fingerprint density at radius 3 is 2.83 bits per heavy atom. The Balaban J connectivity index is 1.56. The van der Waals surface area contributed by atoms with Crippen molar-refractivity contribution in [1.82, 2.24) is 9.88 Å². The Kier molecular flexibility index (Phi) is 3.80. The summed E-state index contributed by atoms with van der Waals surface area (Å²) in [5.74, 6) is 0.986. The summed E-state index contributed by atoms with van der Waals surface area (Å²) < 4.78 is 5.39. The minimum Gasteiger partial charge on any atom is -0.467 e. The Morgan fingerprint density at radius 2 is 2.17 bits per heavy atom. The van der Waals surface area contributed by atoms with Crippen molar-refractivity contribution in [3.8, 4) is 0 Å². The van der Waals surface area contributed by atoms with Crippen LogP contribution in [0.5, 0.6) is 0 Å². The van der Waals surface area contributed by atoms with Crippen molar-refractivity contribution < 1.29 is 14.0 Å². The van der Waals surface area contributed by atoms with E-state index >= 15 is 0 Å². The molecule has 0 bridgehead atoms. The third kappa shape index (κ3) is 2.91. The van der Waals surface area contributed by atoms with Gasteiger partial charge in [0.25, 0.3) is 0 Å². The molecule has 1 saturated heterocycles. The summed E-state index contributed by atoms with van der Waals surface area (Å²) in [6, 6.07) is 9.44. The second-order valence-corrected chi connectivity index (χ2v) is 6.37. The zero-order valence-electron chi connectivity index (χ0n) is 13.3. The summed E-state index contributed by atoms with van der Waals surface area (Å²) >= 11 is 0. The number of aromatic nitrogens is 1. The van der Waals surface area contributed by atoms with E-state index in [1.165, 1.54) is 0 Å². The summed E-state index contributed by atoms with van der Waals surface area (Å²) in [6.07, 6.45) is 5.65. The van der Waals surface area contributed by atoms with Crippen molar-refractivity contribution >= 4 is 17.6 Å². The molecule has 124 valence electrons. The highest BCUT2D eigenvalue weighted by Crippen LogP contribution is 2.33. The monoisotopic (exact) mass is 325 g/mol. The van der Waals surface area contributed by atoms with Gasteiger partial charge in [-0.15, -0.1) is 0 Å². The molecule has 0 N–H and O–H groups in total. The topological polar surface area (TPSA) is 66.7 Å². The number of anilines is 1. The Bertz CT molecular complexity index is 725. The standard InChI is InChI=1S/C18H19N3O3/c22-17-10-13(11-20(17)14-6-7-14)18(23)21(12-15-4-3-9-24-15)16-5-1-2-8-19-16/h1-5,8-9,13-14H,6-7,10-12H2. The number of nitrogens with zero attached hydrogens (tertiary/aromatic N) is 3. The van der Waals surface area contributed by atoms with E-state index in [4.69, 9.17) is 4.42 Å². The van der Waals surface area contributed by atoms with Gasteiger partial charge in [0.2, 0.25) is 11.8 Å². The quantitative estimate of drug-likeness (QED) is 0.845. The van der Waals surface area contributed by atoms with Crippen molar-refractivity contribution in [2.45, 2.75) is 31.8 Å². The summed E-state index contributed by atoms with van der Waals surface area (Å²) in [5, 5.41) is 0. The van der Waals surface area contributed by atoms with E-state index in [0.29, 0.717) is 30.7 Å². The molecule has 2 aromatic heterocycles. The van der Waals surface area contributed by atoms with Crippen molar-refractivity contribution in [3.63, 3.8) is 0 Å². The van der Waals surface area contributed by atoms with Crippen LogP contribution in [0.4, 0.5) is 5.82 Å². The molecule has 0 aromatic carbocycles. The van der Waals surface area contributed by atoms with E-state index in [9.17, 15) is 9.59 Å². The molecule has 2 fully saturated rings. The van der Waals surface area contributed by atoms with Crippen LogP contribution in [0.2, 0.25) is 0 Å². The molecule has 6 heteroatoms. The fourth-order valence-corrected chi connectivity index (χ4v) is 3.20. The van der Waals surface area contributed by atoms with E-state index < -0.39 is 0 Å². The molecule has 0 spiro atoms. The molecule has 2 aliphatic rings. The number of hydrogen-bond donors (Lipinski definition) is 0. The van der Waals surface area contributed by atoms with Crippen LogP contribution in [-0.2, 0) is 16.1 Å². The fourth-order valence-electron chi connectivity index (χ4n) is 3.20. The molecule has 1 saturated carbocycles. The molecule has 6 nitrogen and oxygen atoms in total. The number of carbonyl (C=O) groups is 2. The van der Waals surface area contributed by atoms with Gasteiger partial charge < -0.3 is 9.32 Å². The minimum atomic E-state index is -0.310. The van der Waals surface area contributed by atoms with E-state index in [1.54, 1.807) is 29.5 Å². The summed E-state index contributed by atoms with van der Waals surface area (Å²) in [5.41, 5.74) is 0. The molecule has 4 rings (SSSR count). The molecule has 1 aliphatic carbocycles. The van der Waals surface area contributed by atoms with Crippen molar-refractivity contribution in [2.75, 3.05) is 11.4 Å². The largest absolute Gasteiger partial charge is 0.467 e. The summed E-state index contributed by atoms with van der Waals surface area (Å²) in [6.45, 7) is 0.834. The van der Waals surface area contributed by atoms with Crippen LogP contribution >= 0.6 is 0 Å². The highest BCUT2D eigenvalue weighted by atomic mass is 16.3. The van der Waals surface area contributed by atoms with E-state index in [0.717, 1.165) is 12.8 Å². The number of carbonyl (C=O) groups excluding carboxylic acids is 2. The highest BCUT2D eigenvalue weighted by Gasteiger charge is 2.43. The third-order valence-corrected chi connectivity index (χ3v) is 4.58. The van der Waals surface area contributed by atoms with Crippen LogP contribution in [0, 0.1) is 5.92 Å². The maximum absolute atomic E-state index is 13.1. The lowest BCUT2D eigenvalue weighted by atomic mass is 10.1.